The molecule has 0 aliphatic carbocycles. The van der Waals surface area contributed by atoms with Crippen molar-refractivity contribution in [3.63, 3.8) is 0 Å². The van der Waals surface area contributed by atoms with Crippen LogP contribution >= 0.6 is 0 Å². The molecule has 0 saturated carbocycles. The lowest BCUT2D eigenvalue weighted by molar-refractivity contribution is -0.113. The third kappa shape index (κ3) is 4.52. The van der Waals surface area contributed by atoms with Crippen LogP contribution in [0.5, 0.6) is 5.75 Å². The normalized spacial score (nSPS) is 9.73. The van der Waals surface area contributed by atoms with Gasteiger partial charge in [0.15, 0.2) is 0 Å². The van der Waals surface area contributed by atoms with Gasteiger partial charge in [-0.2, -0.15) is 0 Å². The molecule has 3 heteroatoms. The van der Waals surface area contributed by atoms with E-state index in [1.165, 1.54) is 0 Å². The Bertz CT molecular complexity index is 907. The van der Waals surface area contributed by atoms with E-state index in [9.17, 15) is 4.79 Å². The fourth-order valence-electron chi connectivity index (χ4n) is 2.52. The zero-order valence-electron chi connectivity index (χ0n) is 14.6. The Morgan fingerprint density at radius 2 is 1.50 bits per heavy atom. The summed E-state index contributed by atoms with van der Waals surface area (Å²) in [6.45, 7) is 0.441. The highest BCUT2D eigenvalue weighted by Crippen LogP contribution is 2.19. The second-order valence-electron chi connectivity index (χ2n) is 5.69. The van der Waals surface area contributed by atoms with Crippen LogP contribution in [0.2, 0.25) is 0 Å². The van der Waals surface area contributed by atoms with Gasteiger partial charge in [0.05, 0.1) is 13.7 Å². The van der Waals surface area contributed by atoms with E-state index < -0.39 is 0 Å². The summed E-state index contributed by atoms with van der Waals surface area (Å²) in [4.78, 5) is 14.5. The standard InChI is InChI=1S/C23H19NO2/c1-26-22-15-12-20(13-16-22)18-24(21-10-6-3-7-11-21)23(25)17-14-19-8-4-2-5-9-19/h2-13,15-16H,18H2,1H3. The van der Waals surface area contributed by atoms with Crippen LogP contribution in [-0.4, -0.2) is 13.0 Å². The number of hydrogen-bond acceptors (Lipinski definition) is 2. The first-order valence-corrected chi connectivity index (χ1v) is 8.33. The first-order chi connectivity index (χ1) is 12.8. The van der Waals surface area contributed by atoms with Gasteiger partial charge in [-0.05, 0) is 42.0 Å². The molecule has 0 atom stereocenters. The summed E-state index contributed by atoms with van der Waals surface area (Å²) in [5.41, 5.74) is 2.64. The maximum Gasteiger partial charge on any atom is 0.303 e. The molecule has 0 spiro atoms. The van der Waals surface area contributed by atoms with Gasteiger partial charge < -0.3 is 4.74 Å². The second kappa shape index (κ2) is 8.55. The molecule has 3 aromatic rings. The molecule has 0 saturated heterocycles. The van der Waals surface area contributed by atoms with Gasteiger partial charge in [0, 0.05) is 17.2 Å². The first-order valence-electron chi connectivity index (χ1n) is 8.33. The average molecular weight is 341 g/mol. The van der Waals surface area contributed by atoms with Crippen molar-refractivity contribution in [2.24, 2.45) is 0 Å². The van der Waals surface area contributed by atoms with Crippen molar-refractivity contribution < 1.29 is 9.53 Å². The number of rotatable bonds is 4. The fourth-order valence-corrected chi connectivity index (χ4v) is 2.52. The first kappa shape index (κ1) is 17.3. The van der Waals surface area contributed by atoms with E-state index in [-0.39, 0.29) is 5.91 Å². The van der Waals surface area contributed by atoms with E-state index in [1.54, 1.807) is 12.0 Å². The lowest BCUT2D eigenvalue weighted by Gasteiger charge is -2.20. The largest absolute Gasteiger partial charge is 0.497 e. The second-order valence-corrected chi connectivity index (χ2v) is 5.69. The summed E-state index contributed by atoms with van der Waals surface area (Å²) in [5, 5.41) is 0. The SMILES string of the molecule is COc1ccc(CN(C(=O)C#Cc2ccccc2)c2ccccc2)cc1. The predicted octanol–water partition coefficient (Wildman–Crippen LogP) is 4.28. The summed E-state index contributed by atoms with van der Waals surface area (Å²) in [7, 11) is 1.63. The third-order valence-electron chi connectivity index (χ3n) is 3.90. The van der Waals surface area contributed by atoms with Crippen molar-refractivity contribution in [1.82, 2.24) is 0 Å². The van der Waals surface area contributed by atoms with Crippen LogP contribution in [-0.2, 0) is 11.3 Å². The van der Waals surface area contributed by atoms with Crippen LogP contribution in [0.1, 0.15) is 11.1 Å². The monoisotopic (exact) mass is 341 g/mol. The van der Waals surface area contributed by atoms with Crippen molar-refractivity contribution in [1.29, 1.82) is 0 Å². The van der Waals surface area contributed by atoms with Crippen molar-refractivity contribution in [2.75, 3.05) is 12.0 Å². The molecular formula is C23H19NO2. The van der Waals surface area contributed by atoms with Crippen LogP contribution in [0.4, 0.5) is 5.69 Å². The number of nitrogens with zero attached hydrogens (tertiary/aromatic N) is 1. The number of carbonyl (C=O) groups excluding carboxylic acids is 1. The highest BCUT2D eigenvalue weighted by molar-refractivity contribution is 6.06. The van der Waals surface area contributed by atoms with Crippen molar-refractivity contribution in [2.45, 2.75) is 6.54 Å². The molecule has 0 aromatic heterocycles. The molecule has 0 fully saturated rings. The molecule has 0 heterocycles. The van der Waals surface area contributed by atoms with Crippen LogP contribution < -0.4 is 9.64 Å². The van der Waals surface area contributed by atoms with E-state index >= 15 is 0 Å². The molecule has 0 aliphatic rings. The molecular weight excluding hydrogens is 322 g/mol. The molecule has 0 N–H and O–H groups in total. The maximum atomic E-state index is 12.8. The zero-order chi connectivity index (χ0) is 18.2. The van der Waals surface area contributed by atoms with E-state index in [2.05, 4.69) is 11.8 Å². The van der Waals surface area contributed by atoms with Gasteiger partial charge in [-0.15, -0.1) is 0 Å². The Labute approximate surface area is 153 Å². The molecule has 3 rings (SSSR count). The Morgan fingerprint density at radius 1 is 0.885 bits per heavy atom. The fraction of sp³-hybridized carbons (Fsp3) is 0.0870. The minimum Gasteiger partial charge on any atom is -0.497 e. The highest BCUT2D eigenvalue weighted by atomic mass is 16.5. The molecule has 0 bridgehead atoms. The van der Waals surface area contributed by atoms with E-state index in [0.717, 1.165) is 22.6 Å². The molecule has 3 aromatic carbocycles. The number of carbonyl (C=O) groups is 1. The lowest BCUT2D eigenvalue weighted by Crippen LogP contribution is -2.29. The van der Waals surface area contributed by atoms with E-state index in [1.807, 2.05) is 84.9 Å². The van der Waals surface area contributed by atoms with Crippen LogP contribution in [0.3, 0.4) is 0 Å². The Morgan fingerprint density at radius 3 is 2.12 bits per heavy atom. The van der Waals surface area contributed by atoms with Crippen LogP contribution in [0.15, 0.2) is 84.9 Å². The van der Waals surface area contributed by atoms with Gasteiger partial charge in [0.1, 0.15) is 5.75 Å². The maximum absolute atomic E-state index is 12.8. The molecule has 0 unspecified atom stereocenters. The summed E-state index contributed by atoms with van der Waals surface area (Å²) in [6.07, 6.45) is 0. The quantitative estimate of drug-likeness (QED) is 0.663. The van der Waals surface area contributed by atoms with Gasteiger partial charge in [0.2, 0.25) is 0 Å². The smallest absolute Gasteiger partial charge is 0.303 e. The minimum atomic E-state index is -0.240. The summed E-state index contributed by atoms with van der Waals surface area (Å²) < 4.78 is 5.19. The summed E-state index contributed by atoms with van der Waals surface area (Å²) >= 11 is 0. The van der Waals surface area contributed by atoms with Crippen LogP contribution in [0, 0.1) is 11.8 Å². The predicted molar refractivity (Wildman–Crippen MR) is 104 cm³/mol. The summed E-state index contributed by atoms with van der Waals surface area (Å²) in [6, 6.07) is 26.7. The number of ether oxygens (including phenoxy) is 1. The van der Waals surface area contributed by atoms with Gasteiger partial charge in [-0.1, -0.05) is 54.5 Å². The van der Waals surface area contributed by atoms with Crippen molar-refractivity contribution in [3.8, 4) is 17.6 Å². The number of anilines is 1. The Hall–Kier alpha value is -3.51. The average Bonchev–Trinajstić information content (AvgIpc) is 2.72. The van der Waals surface area contributed by atoms with Crippen molar-refractivity contribution >= 4 is 11.6 Å². The highest BCUT2D eigenvalue weighted by Gasteiger charge is 2.14. The Balaban J connectivity index is 1.86. The van der Waals surface area contributed by atoms with Gasteiger partial charge in [0.25, 0.3) is 0 Å². The number of methoxy groups -OCH3 is 1. The Kier molecular flexibility index (Phi) is 5.69. The van der Waals surface area contributed by atoms with E-state index in [4.69, 9.17) is 4.74 Å². The molecule has 0 radical (unpaired) electrons. The van der Waals surface area contributed by atoms with Crippen LogP contribution in [0.25, 0.3) is 0 Å². The number of para-hydroxylation sites is 1. The zero-order valence-corrected chi connectivity index (χ0v) is 14.6. The molecule has 128 valence electrons. The molecule has 0 aliphatic heterocycles. The van der Waals surface area contributed by atoms with Crippen molar-refractivity contribution in [3.05, 3.63) is 96.1 Å². The molecule has 1 amide bonds. The molecule has 3 nitrogen and oxygen atoms in total. The lowest BCUT2D eigenvalue weighted by atomic mass is 10.1. The van der Waals surface area contributed by atoms with Gasteiger partial charge in [-0.25, -0.2) is 0 Å². The third-order valence-corrected chi connectivity index (χ3v) is 3.90. The minimum absolute atomic E-state index is 0.240. The number of benzene rings is 3. The summed E-state index contributed by atoms with van der Waals surface area (Å²) in [5.74, 6) is 6.24. The topological polar surface area (TPSA) is 29.5 Å². The number of hydrogen-bond donors (Lipinski definition) is 0. The van der Waals surface area contributed by atoms with Gasteiger partial charge >= 0.3 is 5.91 Å². The van der Waals surface area contributed by atoms with Gasteiger partial charge in [-0.3, -0.25) is 9.69 Å². The molecule has 26 heavy (non-hydrogen) atoms. The van der Waals surface area contributed by atoms with E-state index in [0.29, 0.717) is 6.54 Å². The number of amides is 1.